The smallest absolute Gasteiger partial charge is 0.260 e. The van der Waals surface area contributed by atoms with E-state index in [-0.39, 0.29) is 5.75 Å². The molecule has 2 rings (SSSR count). The van der Waals surface area contributed by atoms with E-state index in [4.69, 9.17) is 14.2 Å². The van der Waals surface area contributed by atoms with Crippen molar-refractivity contribution in [2.24, 2.45) is 5.10 Å². The second-order valence-corrected chi connectivity index (χ2v) is 8.19. The quantitative estimate of drug-likeness (QED) is 0.452. The van der Waals surface area contributed by atoms with Crippen LogP contribution in [0.2, 0.25) is 0 Å². The van der Waals surface area contributed by atoms with E-state index in [9.17, 15) is 13.2 Å². The van der Waals surface area contributed by atoms with E-state index in [0.29, 0.717) is 28.5 Å². The fraction of sp³-hybridized carbons (Fsp3) is 0.300. The summed E-state index contributed by atoms with van der Waals surface area (Å²) in [5.41, 5.74) is 3.28. The lowest BCUT2D eigenvalue weighted by molar-refractivity contribution is -0.119. The lowest BCUT2D eigenvalue weighted by Gasteiger charge is -2.23. The minimum absolute atomic E-state index is 0.156. The van der Waals surface area contributed by atoms with Crippen molar-refractivity contribution in [1.29, 1.82) is 0 Å². The molecule has 30 heavy (non-hydrogen) atoms. The molecule has 0 aliphatic rings. The highest BCUT2D eigenvalue weighted by Crippen LogP contribution is 2.23. The molecule has 0 bridgehead atoms. The molecule has 0 fully saturated rings. The monoisotopic (exact) mass is 435 g/mol. The van der Waals surface area contributed by atoms with Gasteiger partial charge in [0, 0.05) is 5.56 Å². The molecule has 0 heterocycles. The number of ether oxygens (including phenoxy) is 3. The van der Waals surface area contributed by atoms with Gasteiger partial charge in [0.25, 0.3) is 5.91 Å². The number of hydrogen-bond acceptors (Lipinski definition) is 7. The van der Waals surface area contributed by atoms with Gasteiger partial charge in [0.15, 0.2) is 0 Å². The van der Waals surface area contributed by atoms with Gasteiger partial charge in [0.1, 0.15) is 23.8 Å². The predicted octanol–water partition coefficient (Wildman–Crippen LogP) is 2.02. The molecule has 0 atom stereocenters. The molecule has 2 aromatic carbocycles. The molecular weight excluding hydrogens is 410 g/mol. The van der Waals surface area contributed by atoms with E-state index in [0.717, 1.165) is 4.31 Å². The summed E-state index contributed by atoms with van der Waals surface area (Å²) >= 11 is 0. The Bertz CT molecular complexity index is 990. The van der Waals surface area contributed by atoms with Crippen LogP contribution >= 0.6 is 0 Å². The second-order valence-electron chi connectivity index (χ2n) is 6.01. The number of benzene rings is 2. The van der Waals surface area contributed by atoms with E-state index in [1.807, 2.05) is 0 Å². The Kier molecular flexibility index (Phi) is 8.05. The average Bonchev–Trinajstić information content (AvgIpc) is 2.77. The Morgan fingerprint density at radius 1 is 1.03 bits per heavy atom. The first kappa shape index (κ1) is 23.0. The number of anilines is 1. The molecule has 162 valence electrons. The largest absolute Gasteiger partial charge is 0.497 e. The zero-order chi connectivity index (χ0) is 22.1. The molecule has 10 heteroatoms. The Morgan fingerprint density at radius 2 is 1.67 bits per heavy atom. The summed E-state index contributed by atoms with van der Waals surface area (Å²) in [6, 6.07) is 11.5. The van der Waals surface area contributed by atoms with E-state index in [1.165, 1.54) is 34.5 Å². The molecule has 0 unspecified atom stereocenters. The van der Waals surface area contributed by atoms with Gasteiger partial charge >= 0.3 is 0 Å². The maximum atomic E-state index is 12.5. The van der Waals surface area contributed by atoms with Crippen molar-refractivity contribution in [3.8, 4) is 17.2 Å². The maximum absolute atomic E-state index is 12.5. The third-order valence-electron chi connectivity index (χ3n) is 4.18. The number of carbonyl (C=O) groups is 1. The number of amides is 1. The molecule has 1 amide bonds. The normalized spacial score (nSPS) is 11.2. The minimum Gasteiger partial charge on any atom is -0.497 e. The number of sulfonamides is 1. The number of nitrogens with zero attached hydrogens (tertiary/aromatic N) is 2. The zero-order valence-corrected chi connectivity index (χ0v) is 18.1. The summed E-state index contributed by atoms with van der Waals surface area (Å²) in [6.07, 6.45) is 1.39. The number of methoxy groups -OCH3 is 3. The van der Waals surface area contributed by atoms with Crippen molar-refractivity contribution in [2.75, 3.05) is 37.9 Å². The fourth-order valence-electron chi connectivity index (χ4n) is 2.53. The number of hydrogen-bond donors (Lipinski definition) is 1. The van der Waals surface area contributed by atoms with Crippen LogP contribution in [0.1, 0.15) is 12.5 Å². The molecule has 0 aromatic heterocycles. The molecule has 9 nitrogen and oxygen atoms in total. The maximum Gasteiger partial charge on any atom is 0.260 e. The third kappa shape index (κ3) is 5.86. The standard InChI is InChI=1S/C20H25N3O6S/c1-5-30(25,26)23(16-6-8-17(27-2)9-7-16)14-20(24)22-21-13-15-12-18(28-3)10-11-19(15)29-4/h6-13H,5,14H2,1-4H3,(H,22,24)/b21-13-. The van der Waals surface area contributed by atoms with Crippen molar-refractivity contribution < 1.29 is 27.4 Å². The summed E-state index contributed by atoms with van der Waals surface area (Å²) in [5, 5.41) is 3.91. The summed E-state index contributed by atoms with van der Waals surface area (Å²) in [4.78, 5) is 12.4. The zero-order valence-electron chi connectivity index (χ0n) is 17.3. The summed E-state index contributed by atoms with van der Waals surface area (Å²) in [5.74, 6) is 0.969. The SMILES string of the molecule is CCS(=O)(=O)N(CC(=O)N/N=C\c1cc(OC)ccc1OC)c1ccc(OC)cc1. The van der Waals surface area contributed by atoms with Crippen molar-refractivity contribution in [3.63, 3.8) is 0 Å². The van der Waals surface area contributed by atoms with Crippen LogP contribution in [-0.2, 0) is 14.8 Å². The van der Waals surface area contributed by atoms with Crippen LogP contribution < -0.4 is 23.9 Å². The van der Waals surface area contributed by atoms with Gasteiger partial charge < -0.3 is 14.2 Å². The Hall–Kier alpha value is -3.27. The van der Waals surface area contributed by atoms with Crippen LogP contribution in [0.4, 0.5) is 5.69 Å². The van der Waals surface area contributed by atoms with E-state index < -0.39 is 22.5 Å². The highest BCUT2D eigenvalue weighted by Gasteiger charge is 2.23. The van der Waals surface area contributed by atoms with Gasteiger partial charge in [-0.25, -0.2) is 13.8 Å². The molecule has 0 saturated carbocycles. The van der Waals surface area contributed by atoms with Crippen LogP contribution in [0, 0.1) is 0 Å². The molecule has 0 saturated heterocycles. The van der Waals surface area contributed by atoms with Crippen LogP contribution in [0.3, 0.4) is 0 Å². The molecule has 0 radical (unpaired) electrons. The van der Waals surface area contributed by atoms with Crippen LogP contribution in [0.5, 0.6) is 17.2 Å². The number of hydrazone groups is 1. The van der Waals surface area contributed by atoms with Crippen LogP contribution in [0.25, 0.3) is 0 Å². The topological polar surface area (TPSA) is 107 Å². The first-order valence-electron chi connectivity index (χ1n) is 9.03. The van der Waals surface area contributed by atoms with Gasteiger partial charge in [-0.1, -0.05) is 0 Å². The van der Waals surface area contributed by atoms with Gasteiger partial charge in [-0.3, -0.25) is 9.10 Å². The Balaban J connectivity index is 2.15. The lowest BCUT2D eigenvalue weighted by Crippen LogP contribution is -2.40. The van der Waals surface area contributed by atoms with Crippen LogP contribution in [0.15, 0.2) is 47.6 Å². The Morgan fingerprint density at radius 3 is 2.23 bits per heavy atom. The predicted molar refractivity (Wildman–Crippen MR) is 115 cm³/mol. The van der Waals surface area contributed by atoms with E-state index in [1.54, 1.807) is 42.5 Å². The third-order valence-corrected chi connectivity index (χ3v) is 5.92. The second kappa shape index (κ2) is 10.5. The first-order chi connectivity index (χ1) is 14.3. The van der Waals surface area contributed by atoms with Gasteiger partial charge in [-0.05, 0) is 49.4 Å². The number of carbonyl (C=O) groups excluding carboxylic acids is 1. The molecule has 0 aliphatic heterocycles. The van der Waals surface area contributed by atoms with Gasteiger partial charge in [0.05, 0.1) is 39.0 Å². The van der Waals surface area contributed by atoms with Crippen molar-refractivity contribution in [1.82, 2.24) is 5.43 Å². The molecule has 1 N–H and O–H groups in total. The summed E-state index contributed by atoms with van der Waals surface area (Å²) < 4.78 is 41.5. The average molecular weight is 436 g/mol. The van der Waals surface area contributed by atoms with E-state index >= 15 is 0 Å². The Labute approximate surface area is 176 Å². The highest BCUT2D eigenvalue weighted by molar-refractivity contribution is 7.92. The van der Waals surface area contributed by atoms with Crippen molar-refractivity contribution in [3.05, 3.63) is 48.0 Å². The summed E-state index contributed by atoms with van der Waals surface area (Å²) in [7, 11) is 0.879. The van der Waals surface area contributed by atoms with Crippen molar-refractivity contribution in [2.45, 2.75) is 6.92 Å². The van der Waals surface area contributed by atoms with Gasteiger partial charge in [-0.15, -0.1) is 0 Å². The van der Waals surface area contributed by atoms with Crippen molar-refractivity contribution >= 4 is 27.8 Å². The molecule has 0 spiro atoms. The van der Waals surface area contributed by atoms with E-state index in [2.05, 4.69) is 10.5 Å². The fourth-order valence-corrected chi connectivity index (χ4v) is 3.60. The van der Waals surface area contributed by atoms with Crippen LogP contribution in [-0.4, -0.2) is 54.2 Å². The number of nitrogens with one attached hydrogen (secondary N) is 1. The van der Waals surface area contributed by atoms with Gasteiger partial charge in [0.2, 0.25) is 10.0 Å². The molecule has 0 aliphatic carbocycles. The first-order valence-corrected chi connectivity index (χ1v) is 10.6. The number of rotatable bonds is 10. The molecule has 2 aromatic rings. The summed E-state index contributed by atoms with van der Waals surface area (Å²) in [6.45, 7) is 1.09. The molecular formula is C20H25N3O6S. The van der Waals surface area contributed by atoms with Gasteiger partial charge in [-0.2, -0.15) is 5.10 Å². The minimum atomic E-state index is -3.68. The highest BCUT2D eigenvalue weighted by atomic mass is 32.2. The lowest BCUT2D eigenvalue weighted by atomic mass is 10.2.